The van der Waals surface area contributed by atoms with Crippen LogP contribution in [0.5, 0.6) is 0 Å². The van der Waals surface area contributed by atoms with Gasteiger partial charge in [0.05, 0.1) is 4.92 Å². The van der Waals surface area contributed by atoms with Crippen molar-refractivity contribution in [2.75, 3.05) is 5.32 Å². The Labute approximate surface area is 141 Å². The third kappa shape index (κ3) is 3.28. The first-order valence-electron chi connectivity index (χ1n) is 6.95. The second kappa shape index (κ2) is 6.55. The fourth-order valence-electron chi connectivity index (χ4n) is 2.18. The molecule has 1 N–H and O–H groups in total. The number of nitrogens with one attached hydrogen (secondary N) is 1. The van der Waals surface area contributed by atoms with Gasteiger partial charge in [-0.3, -0.25) is 14.9 Å². The van der Waals surface area contributed by atoms with E-state index in [4.69, 9.17) is 16.0 Å². The second-order valence-corrected chi connectivity index (χ2v) is 5.34. The first kappa shape index (κ1) is 15.8. The molecule has 0 bridgehead atoms. The maximum atomic E-state index is 12.2. The zero-order valence-corrected chi connectivity index (χ0v) is 13.0. The van der Waals surface area contributed by atoms with Crippen molar-refractivity contribution < 1.29 is 14.1 Å². The Morgan fingerprint density at radius 1 is 1.08 bits per heavy atom. The minimum absolute atomic E-state index is 0.0446. The molecule has 0 saturated carbocycles. The van der Waals surface area contributed by atoms with E-state index in [1.807, 2.05) is 0 Å². The number of amides is 1. The molecule has 120 valence electrons. The lowest BCUT2D eigenvalue weighted by Crippen LogP contribution is -2.12. The van der Waals surface area contributed by atoms with Crippen molar-refractivity contribution in [1.82, 2.24) is 0 Å². The van der Waals surface area contributed by atoms with Gasteiger partial charge in [0.15, 0.2) is 5.76 Å². The monoisotopic (exact) mass is 342 g/mol. The number of anilines is 1. The highest BCUT2D eigenvalue weighted by Crippen LogP contribution is 2.27. The number of para-hydroxylation sites is 2. The fourth-order valence-corrected chi connectivity index (χ4v) is 2.37. The van der Waals surface area contributed by atoms with Gasteiger partial charge in [0.25, 0.3) is 11.6 Å². The predicted octanol–water partition coefficient (Wildman–Crippen LogP) is 4.76. The summed E-state index contributed by atoms with van der Waals surface area (Å²) in [5.74, 6) is -0.0501. The summed E-state index contributed by atoms with van der Waals surface area (Å²) in [5.41, 5.74) is 0.646. The number of hydrogen-bond donors (Lipinski definition) is 1. The Morgan fingerprint density at radius 3 is 2.62 bits per heavy atom. The molecular weight excluding hydrogens is 332 g/mol. The van der Waals surface area contributed by atoms with Crippen LogP contribution in [-0.2, 0) is 0 Å². The molecule has 6 nitrogen and oxygen atoms in total. The molecular formula is C17H11ClN2O4. The van der Waals surface area contributed by atoms with Crippen LogP contribution >= 0.6 is 11.6 Å². The van der Waals surface area contributed by atoms with Crippen LogP contribution in [0, 0.1) is 10.1 Å². The molecule has 1 heterocycles. The van der Waals surface area contributed by atoms with Crippen LogP contribution < -0.4 is 5.32 Å². The normalized spacial score (nSPS) is 10.4. The van der Waals surface area contributed by atoms with E-state index in [1.54, 1.807) is 36.4 Å². The summed E-state index contributed by atoms with van der Waals surface area (Å²) in [4.78, 5) is 22.7. The summed E-state index contributed by atoms with van der Waals surface area (Å²) in [7, 11) is 0. The van der Waals surface area contributed by atoms with Crippen LogP contribution in [0.1, 0.15) is 10.6 Å². The molecule has 1 aromatic heterocycles. The number of benzene rings is 2. The van der Waals surface area contributed by atoms with Gasteiger partial charge in [-0.15, -0.1) is 0 Å². The number of hydrogen-bond acceptors (Lipinski definition) is 4. The molecule has 0 saturated heterocycles. The van der Waals surface area contributed by atoms with Gasteiger partial charge in [-0.2, -0.15) is 0 Å². The third-order valence-corrected chi connectivity index (χ3v) is 3.52. The highest BCUT2D eigenvalue weighted by Gasteiger charge is 2.18. The molecule has 1 amide bonds. The lowest BCUT2D eigenvalue weighted by molar-refractivity contribution is -0.383. The predicted molar refractivity (Wildman–Crippen MR) is 90.2 cm³/mol. The molecule has 0 radical (unpaired) electrons. The topological polar surface area (TPSA) is 85.4 Å². The van der Waals surface area contributed by atoms with Crippen LogP contribution in [0.3, 0.4) is 0 Å². The molecule has 0 aliphatic carbocycles. The van der Waals surface area contributed by atoms with Crippen LogP contribution in [0.15, 0.2) is 65.1 Å². The van der Waals surface area contributed by atoms with E-state index in [1.165, 1.54) is 24.3 Å². The molecule has 0 fully saturated rings. The Balaban J connectivity index is 1.83. The van der Waals surface area contributed by atoms with Crippen molar-refractivity contribution in [3.05, 3.63) is 81.6 Å². The maximum Gasteiger partial charge on any atom is 0.292 e. The van der Waals surface area contributed by atoms with Crippen molar-refractivity contribution in [2.24, 2.45) is 0 Å². The van der Waals surface area contributed by atoms with Crippen molar-refractivity contribution in [2.45, 2.75) is 0 Å². The van der Waals surface area contributed by atoms with Crippen LogP contribution in [0.25, 0.3) is 11.3 Å². The Kier molecular flexibility index (Phi) is 4.31. The quantitative estimate of drug-likeness (QED) is 0.547. The zero-order valence-electron chi connectivity index (χ0n) is 12.2. The number of furan rings is 1. The molecule has 3 rings (SSSR count). The van der Waals surface area contributed by atoms with E-state index in [9.17, 15) is 14.9 Å². The maximum absolute atomic E-state index is 12.2. The van der Waals surface area contributed by atoms with E-state index in [-0.39, 0.29) is 17.1 Å². The molecule has 0 spiro atoms. The molecule has 24 heavy (non-hydrogen) atoms. The summed E-state index contributed by atoms with van der Waals surface area (Å²) in [6.45, 7) is 0. The van der Waals surface area contributed by atoms with Crippen molar-refractivity contribution >= 4 is 28.9 Å². The largest absolute Gasteiger partial charge is 0.451 e. The number of carbonyl (C=O) groups excluding carboxylic acids is 1. The zero-order chi connectivity index (χ0) is 17.1. The molecule has 2 aromatic carbocycles. The van der Waals surface area contributed by atoms with Gasteiger partial charge >= 0.3 is 0 Å². The molecule has 3 aromatic rings. The summed E-state index contributed by atoms with van der Waals surface area (Å²) in [6.07, 6.45) is 0. The standard InChI is InChI=1S/C17H11ClN2O4/c18-12-5-3-4-11(10-12)15-8-9-16(24-15)17(21)19-13-6-1-2-7-14(13)20(22)23/h1-10H,(H,19,21). The van der Waals surface area contributed by atoms with Gasteiger partial charge in [0.1, 0.15) is 11.4 Å². The third-order valence-electron chi connectivity index (χ3n) is 3.29. The lowest BCUT2D eigenvalue weighted by Gasteiger charge is -2.04. The lowest BCUT2D eigenvalue weighted by atomic mass is 10.2. The smallest absolute Gasteiger partial charge is 0.292 e. The van der Waals surface area contributed by atoms with Crippen molar-refractivity contribution in [3.8, 4) is 11.3 Å². The van der Waals surface area contributed by atoms with Gasteiger partial charge in [-0.05, 0) is 30.3 Å². The Bertz CT molecular complexity index is 920. The summed E-state index contributed by atoms with van der Waals surface area (Å²) < 4.78 is 5.52. The molecule has 0 atom stereocenters. The highest BCUT2D eigenvalue weighted by molar-refractivity contribution is 6.30. The van der Waals surface area contributed by atoms with Crippen molar-refractivity contribution in [3.63, 3.8) is 0 Å². The number of nitrogens with zero attached hydrogens (tertiary/aromatic N) is 1. The molecule has 7 heteroatoms. The van der Waals surface area contributed by atoms with Gasteiger partial charge in [-0.25, -0.2) is 0 Å². The van der Waals surface area contributed by atoms with E-state index in [0.29, 0.717) is 10.8 Å². The molecule has 0 aliphatic rings. The van der Waals surface area contributed by atoms with E-state index >= 15 is 0 Å². The van der Waals surface area contributed by atoms with Gasteiger partial charge in [-0.1, -0.05) is 35.9 Å². The second-order valence-electron chi connectivity index (χ2n) is 4.90. The number of rotatable bonds is 4. The van der Waals surface area contributed by atoms with E-state index in [2.05, 4.69) is 5.32 Å². The van der Waals surface area contributed by atoms with Crippen molar-refractivity contribution in [1.29, 1.82) is 0 Å². The number of carbonyl (C=O) groups is 1. The number of nitro benzene ring substituents is 1. The van der Waals surface area contributed by atoms with Gasteiger partial charge in [0, 0.05) is 16.7 Å². The number of nitro groups is 1. The Hall–Kier alpha value is -3.12. The van der Waals surface area contributed by atoms with Crippen LogP contribution in [0.2, 0.25) is 5.02 Å². The van der Waals surface area contributed by atoms with Crippen LogP contribution in [0.4, 0.5) is 11.4 Å². The van der Waals surface area contributed by atoms with Gasteiger partial charge in [0.2, 0.25) is 0 Å². The SMILES string of the molecule is O=C(Nc1ccccc1[N+](=O)[O-])c1ccc(-c2cccc(Cl)c2)o1. The average Bonchev–Trinajstić information content (AvgIpc) is 3.05. The minimum atomic E-state index is -0.572. The molecule has 0 unspecified atom stereocenters. The summed E-state index contributed by atoms with van der Waals surface area (Å²) in [6, 6.07) is 16.0. The van der Waals surface area contributed by atoms with Gasteiger partial charge < -0.3 is 9.73 Å². The summed E-state index contributed by atoms with van der Waals surface area (Å²) in [5, 5.41) is 14.0. The van der Waals surface area contributed by atoms with E-state index < -0.39 is 10.8 Å². The first-order chi connectivity index (χ1) is 11.5. The molecule has 0 aliphatic heterocycles. The van der Waals surface area contributed by atoms with Crippen LogP contribution in [-0.4, -0.2) is 10.8 Å². The summed E-state index contributed by atoms with van der Waals surface area (Å²) >= 11 is 5.93. The first-order valence-corrected chi connectivity index (χ1v) is 7.33. The number of halogens is 1. The Morgan fingerprint density at radius 2 is 1.88 bits per heavy atom. The van der Waals surface area contributed by atoms with E-state index in [0.717, 1.165) is 5.56 Å². The highest BCUT2D eigenvalue weighted by atomic mass is 35.5. The minimum Gasteiger partial charge on any atom is -0.451 e. The average molecular weight is 343 g/mol. The fraction of sp³-hybridized carbons (Fsp3) is 0.